The van der Waals surface area contributed by atoms with Gasteiger partial charge in [0.05, 0.1) is 18.4 Å². The second-order valence-corrected chi connectivity index (χ2v) is 3.87. The van der Waals surface area contributed by atoms with Crippen LogP contribution in [-0.2, 0) is 4.79 Å². The summed E-state index contributed by atoms with van der Waals surface area (Å²) in [6.07, 6.45) is -2.10. The second-order valence-electron chi connectivity index (χ2n) is 3.87. The molecule has 8 heteroatoms. The summed E-state index contributed by atoms with van der Waals surface area (Å²) >= 11 is 0. The van der Waals surface area contributed by atoms with Crippen LogP contribution in [0.2, 0.25) is 0 Å². The van der Waals surface area contributed by atoms with Crippen LogP contribution in [0.1, 0.15) is 6.92 Å². The molecule has 0 saturated heterocycles. The van der Waals surface area contributed by atoms with Crippen molar-refractivity contribution in [3.8, 4) is 0 Å². The lowest BCUT2D eigenvalue weighted by Gasteiger charge is -2.25. The van der Waals surface area contributed by atoms with Crippen molar-refractivity contribution in [3.63, 3.8) is 0 Å². The van der Waals surface area contributed by atoms with Gasteiger partial charge in [-0.3, -0.25) is 20.1 Å². The standard InChI is InChI=1S/C9H13N5O3/c1-3(15)6(16)4-2-11-7-5(12-4)8(17)14-9(10)13-7/h3,5-6,15-16H,2H2,1H3,(H3,10,11,13,14,17)/t3-,5?,6-/m0/s1. The van der Waals surface area contributed by atoms with E-state index in [9.17, 15) is 15.0 Å². The molecule has 0 bridgehead atoms. The van der Waals surface area contributed by atoms with E-state index in [1.807, 2.05) is 0 Å². The molecule has 1 unspecified atom stereocenters. The fraction of sp³-hybridized carbons (Fsp3) is 0.556. The molecule has 0 aromatic carbocycles. The Balaban J connectivity index is 2.25. The van der Waals surface area contributed by atoms with E-state index in [2.05, 4.69) is 20.3 Å². The first-order chi connectivity index (χ1) is 7.99. The molecule has 2 heterocycles. The van der Waals surface area contributed by atoms with Crippen LogP contribution in [-0.4, -0.2) is 58.4 Å². The minimum atomic E-state index is -1.13. The maximum Gasteiger partial charge on any atom is 0.259 e. The molecule has 0 radical (unpaired) electrons. The van der Waals surface area contributed by atoms with E-state index in [-0.39, 0.29) is 24.1 Å². The van der Waals surface area contributed by atoms with Gasteiger partial charge in [-0.25, -0.2) is 0 Å². The van der Waals surface area contributed by atoms with Crippen LogP contribution in [0.25, 0.3) is 0 Å². The minimum absolute atomic E-state index is 0.0141. The molecule has 2 rings (SSSR count). The van der Waals surface area contributed by atoms with Crippen LogP contribution in [0.4, 0.5) is 0 Å². The Morgan fingerprint density at radius 1 is 1.53 bits per heavy atom. The highest BCUT2D eigenvalue weighted by Gasteiger charge is 2.33. The smallest absolute Gasteiger partial charge is 0.259 e. The molecule has 1 amide bonds. The van der Waals surface area contributed by atoms with Crippen molar-refractivity contribution in [2.24, 2.45) is 20.7 Å². The van der Waals surface area contributed by atoms with Crippen LogP contribution >= 0.6 is 0 Å². The Kier molecular flexibility index (Phi) is 2.90. The molecule has 17 heavy (non-hydrogen) atoms. The van der Waals surface area contributed by atoms with Gasteiger partial charge in [0.2, 0.25) is 5.96 Å². The van der Waals surface area contributed by atoms with E-state index < -0.39 is 24.2 Å². The lowest BCUT2D eigenvalue weighted by molar-refractivity contribution is -0.119. The third kappa shape index (κ3) is 2.17. The molecule has 92 valence electrons. The molecular weight excluding hydrogens is 226 g/mol. The van der Waals surface area contributed by atoms with Crippen molar-refractivity contribution in [1.82, 2.24) is 5.32 Å². The van der Waals surface area contributed by atoms with E-state index in [1.165, 1.54) is 6.92 Å². The highest BCUT2D eigenvalue weighted by molar-refractivity contribution is 6.21. The summed E-state index contributed by atoms with van der Waals surface area (Å²) in [5.74, 6) is -0.223. The lowest BCUT2D eigenvalue weighted by Crippen LogP contribution is -2.52. The number of carbonyl (C=O) groups excluding carboxylic acids is 1. The van der Waals surface area contributed by atoms with Gasteiger partial charge in [0.1, 0.15) is 6.10 Å². The Morgan fingerprint density at radius 2 is 2.24 bits per heavy atom. The molecular formula is C9H13N5O3. The summed E-state index contributed by atoms with van der Waals surface area (Å²) in [4.78, 5) is 23.5. The molecule has 0 saturated carbocycles. The quantitative estimate of drug-likeness (QED) is 0.420. The zero-order valence-electron chi connectivity index (χ0n) is 9.16. The monoisotopic (exact) mass is 239 g/mol. The summed E-state index contributed by atoms with van der Waals surface area (Å²) < 4.78 is 0. The van der Waals surface area contributed by atoms with Crippen LogP contribution in [0.3, 0.4) is 0 Å². The number of amides is 1. The Labute approximate surface area is 97.0 Å². The molecule has 2 aliphatic heterocycles. The van der Waals surface area contributed by atoms with Gasteiger partial charge in [-0.05, 0) is 6.92 Å². The summed E-state index contributed by atoms with van der Waals surface area (Å²) in [5.41, 5.74) is 5.64. The number of nitrogens with one attached hydrogen (secondary N) is 1. The zero-order chi connectivity index (χ0) is 12.6. The fourth-order valence-corrected chi connectivity index (χ4v) is 1.58. The van der Waals surface area contributed by atoms with Gasteiger partial charge in [-0.1, -0.05) is 0 Å². The van der Waals surface area contributed by atoms with E-state index in [1.54, 1.807) is 0 Å². The van der Waals surface area contributed by atoms with Crippen LogP contribution in [0, 0.1) is 0 Å². The predicted molar refractivity (Wildman–Crippen MR) is 61.0 cm³/mol. The second kappa shape index (κ2) is 4.22. The predicted octanol–water partition coefficient (Wildman–Crippen LogP) is -2.61. The number of amidine groups is 1. The molecule has 0 spiro atoms. The Bertz CT molecular complexity index is 440. The zero-order valence-corrected chi connectivity index (χ0v) is 9.16. The van der Waals surface area contributed by atoms with Crippen molar-refractivity contribution < 1.29 is 15.0 Å². The number of aliphatic hydroxyl groups is 2. The van der Waals surface area contributed by atoms with Gasteiger partial charge in [-0.15, -0.1) is 0 Å². The fourth-order valence-electron chi connectivity index (χ4n) is 1.58. The number of guanidine groups is 1. The maximum atomic E-state index is 11.6. The van der Waals surface area contributed by atoms with Crippen molar-refractivity contribution >= 4 is 23.4 Å². The van der Waals surface area contributed by atoms with Gasteiger partial charge in [-0.2, -0.15) is 4.99 Å². The van der Waals surface area contributed by atoms with Gasteiger partial charge >= 0.3 is 0 Å². The summed E-state index contributed by atoms with van der Waals surface area (Å²) in [6, 6.07) is -0.889. The number of nitrogens with zero attached hydrogens (tertiary/aromatic N) is 3. The molecule has 0 fully saturated rings. The average Bonchev–Trinajstić information content (AvgIpc) is 2.27. The molecule has 8 nitrogen and oxygen atoms in total. The topological polar surface area (TPSA) is 133 Å². The van der Waals surface area contributed by atoms with Gasteiger partial charge in [0, 0.05) is 0 Å². The number of hydrogen-bond donors (Lipinski definition) is 4. The van der Waals surface area contributed by atoms with E-state index in [0.717, 1.165) is 0 Å². The Morgan fingerprint density at radius 3 is 2.88 bits per heavy atom. The third-order valence-corrected chi connectivity index (χ3v) is 2.48. The summed E-state index contributed by atoms with van der Waals surface area (Å²) in [7, 11) is 0. The number of aliphatic imine (C=N–C) groups is 3. The van der Waals surface area contributed by atoms with Crippen molar-refractivity contribution in [3.05, 3.63) is 0 Å². The Hall–Kier alpha value is -1.80. The normalized spacial score (nSPS) is 27.1. The first kappa shape index (κ1) is 11.7. The number of rotatable bonds is 2. The summed E-state index contributed by atoms with van der Waals surface area (Å²) in [6.45, 7) is 1.53. The van der Waals surface area contributed by atoms with Crippen LogP contribution < -0.4 is 11.1 Å². The van der Waals surface area contributed by atoms with Crippen LogP contribution in [0.5, 0.6) is 0 Å². The van der Waals surface area contributed by atoms with Crippen LogP contribution in [0.15, 0.2) is 15.0 Å². The number of hydrogen-bond acceptors (Lipinski definition) is 7. The number of carbonyl (C=O) groups is 1. The minimum Gasteiger partial charge on any atom is -0.390 e. The average molecular weight is 239 g/mol. The maximum absolute atomic E-state index is 11.6. The molecule has 2 aliphatic rings. The first-order valence-electron chi connectivity index (χ1n) is 5.11. The van der Waals surface area contributed by atoms with Crippen molar-refractivity contribution in [2.45, 2.75) is 25.2 Å². The number of nitrogens with two attached hydrogens (primary N) is 1. The lowest BCUT2D eigenvalue weighted by atomic mass is 10.1. The van der Waals surface area contributed by atoms with Gasteiger partial charge in [0.15, 0.2) is 11.9 Å². The van der Waals surface area contributed by atoms with E-state index >= 15 is 0 Å². The van der Waals surface area contributed by atoms with Gasteiger partial charge < -0.3 is 15.9 Å². The number of aliphatic hydroxyl groups excluding tert-OH is 2. The summed E-state index contributed by atoms with van der Waals surface area (Å²) in [5, 5.41) is 21.2. The van der Waals surface area contributed by atoms with Gasteiger partial charge in [0.25, 0.3) is 5.91 Å². The van der Waals surface area contributed by atoms with Crippen molar-refractivity contribution in [1.29, 1.82) is 0 Å². The molecule has 3 atom stereocenters. The van der Waals surface area contributed by atoms with E-state index in [4.69, 9.17) is 5.73 Å². The highest BCUT2D eigenvalue weighted by Crippen LogP contribution is 2.11. The van der Waals surface area contributed by atoms with E-state index in [0.29, 0.717) is 0 Å². The first-order valence-corrected chi connectivity index (χ1v) is 5.11. The van der Waals surface area contributed by atoms with Crippen molar-refractivity contribution in [2.75, 3.05) is 6.54 Å². The number of fused-ring (bicyclic) bond motifs is 1. The molecule has 5 N–H and O–H groups in total. The SMILES string of the molecule is C[C@H](O)[C@H](O)C1=NC2C(=O)NC(N)=NC2=NC1. The molecule has 0 aromatic heterocycles. The highest BCUT2D eigenvalue weighted by atomic mass is 16.3. The third-order valence-electron chi connectivity index (χ3n) is 2.48. The molecule has 0 aliphatic carbocycles. The largest absolute Gasteiger partial charge is 0.390 e. The molecule has 0 aromatic rings.